The highest BCUT2D eigenvalue weighted by atomic mass is 19.1. The van der Waals surface area contributed by atoms with Gasteiger partial charge in [-0.3, -0.25) is 5.01 Å². The molecule has 1 fully saturated rings. The van der Waals surface area contributed by atoms with Gasteiger partial charge in [0.1, 0.15) is 23.9 Å². The molecule has 2 aliphatic rings. The number of aldehydes is 1. The first-order valence-corrected chi connectivity index (χ1v) is 13.1. The first-order chi connectivity index (χ1) is 17.9. The number of halogens is 1. The van der Waals surface area contributed by atoms with Crippen LogP contribution in [0, 0.1) is 17.1 Å². The van der Waals surface area contributed by atoms with E-state index in [2.05, 4.69) is 18.0 Å². The van der Waals surface area contributed by atoms with E-state index < -0.39 is 5.82 Å². The molecule has 0 saturated heterocycles. The highest BCUT2D eigenvalue weighted by Crippen LogP contribution is 2.35. The molecule has 0 spiro atoms. The van der Waals surface area contributed by atoms with Crippen LogP contribution in [0.2, 0.25) is 0 Å². The molecule has 2 N–H and O–H groups in total. The quantitative estimate of drug-likeness (QED) is 0.461. The fourth-order valence-corrected chi connectivity index (χ4v) is 3.92. The Hall–Kier alpha value is -3.21. The number of ether oxygens (including phenoxy) is 1. The van der Waals surface area contributed by atoms with Gasteiger partial charge < -0.3 is 15.3 Å². The molecule has 0 aromatic heterocycles. The fraction of sp³-hybridized carbons (Fsp3) is 0.467. The lowest BCUT2D eigenvalue weighted by molar-refractivity contribution is -0.107. The highest BCUT2D eigenvalue weighted by molar-refractivity contribution is 5.81. The smallest absolute Gasteiger partial charge is 0.141 e. The first kappa shape index (κ1) is 31.8. The first-order valence-electron chi connectivity index (χ1n) is 13.1. The maximum absolute atomic E-state index is 14.0. The predicted molar refractivity (Wildman–Crippen MR) is 151 cm³/mol. The second-order valence-electron chi connectivity index (χ2n) is 8.66. The zero-order valence-electron chi connectivity index (χ0n) is 23.2. The summed E-state index contributed by atoms with van der Waals surface area (Å²) in [5.41, 5.74) is 8.26. The molecule has 202 valence electrons. The third kappa shape index (κ3) is 9.64. The number of nitrogens with zero attached hydrogens (tertiary/aromatic N) is 3. The molecular weight excluding hydrogens is 467 g/mol. The highest BCUT2D eigenvalue weighted by Gasteiger charge is 2.29. The van der Waals surface area contributed by atoms with Crippen molar-refractivity contribution in [1.29, 1.82) is 5.26 Å². The van der Waals surface area contributed by atoms with Gasteiger partial charge in [-0.15, -0.1) is 0 Å². The van der Waals surface area contributed by atoms with Gasteiger partial charge in [0.2, 0.25) is 0 Å². The molecule has 0 amide bonds. The lowest BCUT2D eigenvalue weighted by Crippen LogP contribution is -2.37. The van der Waals surface area contributed by atoms with Crippen molar-refractivity contribution < 1.29 is 13.9 Å². The Kier molecular flexibility index (Phi) is 14.9. The molecule has 1 aliphatic heterocycles. The van der Waals surface area contributed by atoms with Gasteiger partial charge in [0.25, 0.3) is 0 Å². The summed E-state index contributed by atoms with van der Waals surface area (Å²) < 4.78 is 19.2. The zero-order valence-corrected chi connectivity index (χ0v) is 23.2. The summed E-state index contributed by atoms with van der Waals surface area (Å²) >= 11 is 0. The third-order valence-electron chi connectivity index (χ3n) is 6.05. The van der Waals surface area contributed by atoms with Gasteiger partial charge in [0.05, 0.1) is 24.1 Å². The van der Waals surface area contributed by atoms with E-state index in [1.54, 1.807) is 13.2 Å². The van der Waals surface area contributed by atoms with Gasteiger partial charge in [0, 0.05) is 31.1 Å². The van der Waals surface area contributed by atoms with E-state index in [1.807, 2.05) is 63.2 Å². The van der Waals surface area contributed by atoms with Crippen molar-refractivity contribution in [2.75, 3.05) is 19.2 Å². The van der Waals surface area contributed by atoms with Crippen LogP contribution in [0.15, 0.2) is 48.5 Å². The number of carbonyl (C=O) groups is 1. The van der Waals surface area contributed by atoms with E-state index in [9.17, 15) is 9.18 Å². The number of likely N-dealkylation sites (N-methyl/N-ethyl adjacent to an activating group) is 1. The number of benzene rings is 2. The van der Waals surface area contributed by atoms with Gasteiger partial charge in [0.15, 0.2) is 0 Å². The van der Waals surface area contributed by atoms with Crippen LogP contribution in [0.25, 0.3) is 5.70 Å². The molecule has 4 rings (SSSR count). The van der Waals surface area contributed by atoms with Crippen molar-refractivity contribution in [2.45, 2.75) is 78.3 Å². The van der Waals surface area contributed by atoms with Crippen LogP contribution in [0.3, 0.4) is 0 Å². The van der Waals surface area contributed by atoms with Crippen molar-refractivity contribution in [3.8, 4) is 11.8 Å². The summed E-state index contributed by atoms with van der Waals surface area (Å²) in [5.74, 6) is 0.274. The molecule has 7 heteroatoms. The Balaban J connectivity index is 0.000000435. The van der Waals surface area contributed by atoms with E-state index in [0.717, 1.165) is 29.0 Å². The minimum absolute atomic E-state index is 0.0507. The van der Waals surface area contributed by atoms with Crippen LogP contribution in [-0.4, -0.2) is 37.5 Å². The summed E-state index contributed by atoms with van der Waals surface area (Å²) in [7, 11) is 3.61. The van der Waals surface area contributed by atoms with Crippen molar-refractivity contribution in [1.82, 2.24) is 5.01 Å². The summed E-state index contributed by atoms with van der Waals surface area (Å²) in [6.07, 6.45) is 10.3. The number of nitrogens with two attached hydrogens (primary N) is 1. The van der Waals surface area contributed by atoms with Crippen LogP contribution in [0.1, 0.15) is 77.3 Å². The second-order valence-corrected chi connectivity index (χ2v) is 8.66. The lowest BCUT2D eigenvalue weighted by atomic mass is 9.97. The Morgan fingerprint density at radius 2 is 1.73 bits per heavy atom. The third-order valence-corrected chi connectivity index (χ3v) is 6.05. The number of nitriles is 1. The molecule has 1 saturated carbocycles. The average Bonchev–Trinajstić information content (AvgIpc) is 3.24. The maximum Gasteiger partial charge on any atom is 0.141 e. The normalized spacial score (nSPS) is 17.0. The molecule has 6 nitrogen and oxygen atoms in total. The van der Waals surface area contributed by atoms with Crippen LogP contribution < -0.4 is 15.5 Å². The molecule has 1 heterocycles. The van der Waals surface area contributed by atoms with Crippen molar-refractivity contribution in [2.24, 2.45) is 5.73 Å². The lowest BCUT2D eigenvalue weighted by Gasteiger charge is -2.32. The summed E-state index contributed by atoms with van der Waals surface area (Å²) in [5, 5.41) is 13.0. The topological polar surface area (TPSA) is 82.6 Å². The number of hydrazine groups is 1. The summed E-state index contributed by atoms with van der Waals surface area (Å²) in [6.45, 7) is 7.89. The molecular formula is C30H43FN4O2. The van der Waals surface area contributed by atoms with E-state index >= 15 is 0 Å². The van der Waals surface area contributed by atoms with Crippen LogP contribution in [0.5, 0.6) is 5.75 Å². The fourth-order valence-electron chi connectivity index (χ4n) is 3.92. The van der Waals surface area contributed by atoms with E-state index in [0.29, 0.717) is 12.5 Å². The SMILES string of the molecule is CC.CCC=O.COc1ccc(N2C(c3ccc(C#N)c(F)c3)=CC(C)N2C)cc1.NC1CCCCC1. The Morgan fingerprint density at radius 1 is 1.14 bits per heavy atom. The van der Waals surface area contributed by atoms with Gasteiger partial charge in [-0.2, -0.15) is 5.26 Å². The molecule has 1 atom stereocenters. The molecule has 0 radical (unpaired) electrons. The summed E-state index contributed by atoms with van der Waals surface area (Å²) in [6, 6.07) is 15.0. The Labute approximate surface area is 222 Å². The van der Waals surface area contributed by atoms with E-state index in [4.69, 9.17) is 15.7 Å². The number of hydrogen-bond acceptors (Lipinski definition) is 6. The van der Waals surface area contributed by atoms with E-state index in [1.165, 1.54) is 44.2 Å². The molecule has 1 aliphatic carbocycles. The monoisotopic (exact) mass is 510 g/mol. The van der Waals surface area contributed by atoms with Gasteiger partial charge >= 0.3 is 0 Å². The molecule has 2 aromatic rings. The van der Waals surface area contributed by atoms with Crippen molar-refractivity contribution in [3.05, 3.63) is 65.5 Å². The van der Waals surface area contributed by atoms with Gasteiger partial charge in [-0.25, -0.2) is 9.40 Å². The zero-order chi connectivity index (χ0) is 27.8. The Bertz CT molecular complexity index is 1010. The van der Waals surface area contributed by atoms with Crippen molar-refractivity contribution >= 4 is 17.7 Å². The molecule has 2 aromatic carbocycles. The van der Waals surface area contributed by atoms with Crippen LogP contribution in [-0.2, 0) is 4.79 Å². The van der Waals surface area contributed by atoms with Crippen molar-refractivity contribution in [3.63, 3.8) is 0 Å². The van der Waals surface area contributed by atoms with Gasteiger partial charge in [-0.1, -0.05) is 46.1 Å². The number of rotatable bonds is 4. The average molecular weight is 511 g/mol. The standard InChI is InChI=1S/C19H18FN3O.C6H13N.C3H6O.C2H6/c1-13-10-19(14-4-5-15(12-21)18(20)11-14)23(22(13)2)16-6-8-17(24-3)9-7-16;7-6-4-2-1-3-5-6;1-2-3-4;1-2/h4-11,13H,1-3H3;6H,1-5,7H2;3H,2H2,1H3;1-2H3. The van der Waals surface area contributed by atoms with Gasteiger partial charge in [-0.05, 0) is 62.2 Å². The molecule has 0 bridgehead atoms. The Morgan fingerprint density at radius 3 is 2.16 bits per heavy atom. The number of carbonyl (C=O) groups excluding carboxylic acids is 1. The molecule has 1 unspecified atom stereocenters. The van der Waals surface area contributed by atoms with E-state index in [-0.39, 0.29) is 11.6 Å². The number of methoxy groups -OCH3 is 1. The minimum atomic E-state index is -0.507. The predicted octanol–water partition coefficient (Wildman–Crippen LogP) is 6.70. The minimum Gasteiger partial charge on any atom is -0.497 e. The van der Waals surface area contributed by atoms with Crippen LogP contribution >= 0.6 is 0 Å². The number of anilines is 1. The second kappa shape index (κ2) is 17.3. The van der Waals surface area contributed by atoms with Crippen LogP contribution in [0.4, 0.5) is 10.1 Å². The largest absolute Gasteiger partial charge is 0.497 e. The number of hydrogen-bond donors (Lipinski definition) is 1. The molecule has 37 heavy (non-hydrogen) atoms. The maximum atomic E-state index is 14.0. The summed E-state index contributed by atoms with van der Waals surface area (Å²) in [4.78, 5) is 9.17.